The SMILES string of the molecule is Nc1ccc2c(c1)CN(S(=O)(=O)N1CCCCCC1)CC2. The third-order valence-electron chi connectivity index (χ3n) is 4.43. The zero-order chi connectivity index (χ0) is 14.9. The highest BCUT2D eigenvalue weighted by Gasteiger charge is 2.32. The molecular weight excluding hydrogens is 286 g/mol. The molecule has 0 aliphatic carbocycles. The highest BCUT2D eigenvalue weighted by atomic mass is 32.2. The molecule has 0 saturated carbocycles. The first-order valence-electron chi connectivity index (χ1n) is 7.70. The fourth-order valence-corrected chi connectivity index (χ4v) is 4.85. The van der Waals surface area contributed by atoms with Crippen LogP contribution in [0.3, 0.4) is 0 Å². The summed E-state index contributed by atoms with van der Waals surface area (Å²) in [6, 6.07) is 5.80. The molecule has 0 radical (unpaired) electrons. The highest BCUT2D eigenvalue weighted by Crippen LogP contribution is 2.25. The maximum atomic E-state index is 12.8. The summed E-state index contributed by atoms with van der Waals surface area (Å²) < 4.78 is 28.9. The second kappa shape index (κ2) is 5.94. The Bertz CT molecular complexity index is 607. The van der Waals surface area contributed by atoms with E-state index in [1.165, 1.54) is 5.56 Å². The molecule has 0 amide bonds. The predicted octanol–water partition coefficient (Wildman–Crippen LogP) is 1.75. The van der Waals surface area contributed by atoms with E-state index in [9.17, 15) is 8.42 Å². The van der Waals surface area contributed by atoms with E-state index in [0.717, 1.165) is 37.7 Å². The number of rotatable bonds is 2. The summed E-state index contributed by atoms with van der Waals surface area (Å²) in [6.07, 6.45) is 4.96. The van der Waals surface area contributed by atoms with Gasteiger partial charge >= 0.3 is 0 Å². The molecule has 1 aromatic carbocycles. The van der Waals surface area contributed by atoms with Crippen molar-refractivity contribution in [1.29, 1.82) is 0 Å². The molecule has 2 heterocycles. The minimum Gasteiger partial charge on any atom is -0.399 e. The Labute approximate surface area is 126 Å². The van der Waals surface area contributed by atoms with Crippen molar-refractivity contribution in [1.82, 2.24) is 8.61 Å². The zero-order valence-electron chi connectivity index (χ0n) is 12.3. The summed E-state index contributed by atoms with van der Waals surface area (Å²) in [5.41, 5.74) is 8.77. The largest absolute Gasteiger partial charge is 0.399 e. The summed E-state index contributed by atoms with van der Waals surface area (Å²) >= 11 is 0. The molecule has 116 valence electrons. The molecule has 3 rings (SSSR count). The van der Waals surface area contributed by atoms with Crippen molar-refractivity contribution in [3.63, 3.8) is 0 Å². The average Bonchev–Trinajstić information content (AvgIpc) is 2.76. The molecule has 2 aliphatic rings. The van der Waals surface area contributed by atoms with E-state index in [1.807, 2.05) is 18.2 Å². The highest BCUT2D eigenvalue weighted by molar-refractivity contribution is 7.86. The smallest absolute Gasteiger partial charge is 0.282 e. The van der Waals surface area contributed by atoms with Crippen molar-refractivity contribution < 1.29 is 8.42 Å². The Morgan fingerprint density at radius 3 is 2.33 bits per heavy atom. The molecule has 5 nitrogen and oxygen atoms in total. The lowest BCUT2D eigenvalue weighted by Gasteiger charge is -2.32. The second-order valence-electron chi connectivity index (χ2n) is 5.93. The number of anilines is 1. The fourth-order valence-electron chi connectivity index (χ4n) is 3.18. The number of nitrogens with zero attached hydrogens (tertiary/aromatic N) is 2. The summed E-state index contributed by atoms with van der Waals surface area (Å²) in [7, 11) is -3.34. The van der Waals surface area contributed by atoms with Crippen molar-refractivity contribution in [2.45, 2.75) is 38.6 Å². The first-order valence-corrected chi connectivity index (χ1v) is 9.09. The number of nitrogens with two attached hydrogens (primary N) is 1. The van der Waals surface area contributed by atoms with Crippen LogP contribution < -0.4 is 5.73 Å². The first-order chi connectivity index (χ1) is 10.1. The van der Waals surface area contributed by atoms with Crippen LogP contribution >= 0.6 is 0 Å². The second-order valence-corrected chi connectivity index (χ2v) is 7.86. The van der Waals surface area contributed by atoms with Crippen molar-refractivity contribution >= 4 is 15.9 Å². The Morgan fingerprint density at radius 1 is 0.905 bits per heavy atom. The molecule has 2 N–H and O–H groups in total. The van der Waals surface area contributed by atoms with Crippen molar-refractivity contribution in [2.75, 3.05) is 25.4 Å². The maximum Gasteiger partial charge on any atom is 0.282 e. The fraction of sp³-hybridized carbons (Fsp3) is 0.600. The number of benzene rings is 1. The molecule has 1 fully saturated rings. The molecule has 0 bridgehead atoms. The van der Waals surface area contributed by atoms with Gasteiger partial charge < -0.3 is 5.73 Å². The van der Waals surface area contributed by atoms with E-state index < -0.39 is 10.2 Å². The molecule has 21 heavy (non-hydrogen) atoms. The van der Waals surface area contributed by atoms with Gasteiger partial charge in [0.1, 0.15) is 0 Å². The molecule has 1 saturated heterocycles. The van der Waals surface area contributed by atoms with Gasteiger partial charge in [0.25, 0.3) is 10.2 Å². The normalized spacial score (nSPS) is 21.7. The third kappa shape index (κ3) is 3.07. The molecular formula is C15H23N3O2S. The quantitative estimate of drug-likeness (QED) is 0.846. The minimum absolute atomic E-state index is 0.444. The summed E-state index contributed by atoms with van der Waals surface area (Å²) in [5, 5.41) is 0. The van der Waals surface area contributed by atoms with Crippen LogP contribution in [0.4, 0.5) is 5.69 Å². The van der Waals surface area contributed by atoms with Crippen LogP contribution in [0.5, 0.6) is 0 Å². The first kappa shape index (κ1) is 14.8. The van der Waals surface area contributed by atoms with Crippen LogP contribution in [0.15, 0.2) is 18.2 Å². The lowest BCUT2D eigenvalue weighted by Crippen LogP contribution is -2.46. The van der Waals surface area contributed by atoms with Crippen molar-refractivity contribution in [3.8, 4) is 0 Å². The summed E-state index contributed by atoms with van der Waals surface area (Å²) in [4.78, 5) is 0. The van der Waals surface area contributed by atoms with Gasteiger partial charge in [-0.05, 0) is 42.5 Å². The van der Waals surface area contributed by atoms with Gasteiger partial charge in [0, 0.05) is 31.9 Å². The standard InChI is InChI=1S/C15H23N3O2S/c16-15-6-5-13-7-10-18(12-14(13)11-15)21(19,20)17-8-3-1-2-4-9-17/h5-6,11H,1-4,7-10,12,16H2. The monoisotopic (exact) mass is 309 g/mol. The Kier molecular flexibility index (Phi) is 4.19. The van der Waals surface area contributed by atoms with E-state index in [1.54, 1.807) is 8.61 Å². The van der Waals surface area contributed by atoms with Crippen LogP contribution in [-0.2, 0) is 23.2 Å². The molecule has 0 atom stereocenters. The number of hydrogen-bond donors (Lipinski definition) is 1. The lowest BCUT2D eigenvalue weighted by atomic mass is 10.0. The molecule has 6 heteroatoms. The van der Waals surface area contributed by atoms with Gasteiger partial charge in [-0.15, -0.1) is 0 Å². The molecule has 0 aromatic heterocycles. The number of hydrogen-bond acceptors (Lipinski definition) is 3. The van der Waals surface area contributed by atoms with Crippen molar-refractivity contribution in [3.05, 3.63) is 29.3 Å². The van der Waals surface area contributed by atoms with E-state index in [-0.39, 0.29) is 0 Å². The number of nitrogen functional groups attached to an aromatic ring is 1. The van der Waals surface area contributed by atoms with Crippen LogP contribution in [0.2, 0.25) is 0 Å². The van der Waals surface area contributed by atoms with E-state index in [2.05, 4.69) is 0 Å². The Hall–Kier alpha value is -1.11. The topological polar surface area (TPSA) is 66.6 Å². The number of fused-ring (bicyclic) bond motifs is 1. The van der Waals surface area contributed by atoms with Crippen molar-refractivity contribution in [2.24, 2.45) is 0 Å². The third-order valence-corrected chi connectivity index (χ3v) is 6.41. The van der Waals surface area contributed by atoms with Crippen LogP contribution in [-0.4, -0.2) is 36.7 Å². The van der Waals surface area contributed by atoms with E-state index >= 15 is 0 Å². The maximum absolute atomic E-state index is 12.8. The van der Waals surface area contributed by atoms with Crippen LogP contribution in [0.25, 0.3) is 0 Å². The molecule has 1 aromatic rings. The van der Waals surface area contributed by atoms with E-state index in [4.69, 9.17) is 5.73 Å². The van der Waals surface area contributed by atoms with Gasteiger partial charge in [0.05, 0.1) is 0 Å². The predicted molar refractivity (Wildman–Crippen MR) is 83.9 cm³/mol. The molecule has 0 spiro atoms. The molecule has 0 unspecified atom stereocenters. The lowest BCUT2D eigenvalue weighted by molar-refractivity contribution is 0.328. The summed E-state index contributed by atoms with van der Waals surface area (Å²) in [6.45, 7) is 2.32. The minimum atomic E-state index is -3.34. The van der Waals surface area contributed by atoms with Gasteiger partial charge in [-0.3, -0.25) is 0 Å². The zero-order valence-corrected chi connectivity index (χ0v) is 13.1. The van der Waals surface area contributed by atoms with Crippen LogP contribution in [0, 0.1) is 0 Å². The van der Waals surface area contributed by atoms with Gasteiger partial charge in [0.15, 0.2) is 0 Å². The van der Waals surface area contributed by atoms with Gasteiger partial charge in [-0.2, -0.15) is 17.0 Å². The Balaban J connectivity index is 1.80. The van der Waals surface area contributed by atoms with Gasteiger partial charge in [-0.25, -0.2) is 0 Å². The molecule has 2 aliphatic heterocycles. The van der Waals surface area contributed by atoms with Crippen LogP contribution in [0.1, 0.15) is 36.8 Å². The average molecular weight is 309 g/mol. The Morgan fingerprint density at radius 2 is 1.62 bits per heavy atom. The van der Waals surface area contributed by atoms with E-state index in [0.29, 0.717) is 31.9 Å². The van der Waals surface area contributed by atoms with Gasteiger partial charge in [-0.1, -0.05) is 18.9 Å². The van der Waals surface area contributed by atoms with Gasteiger partial charge in [0.2, 0.25) is 0 Å². The summed E-state index contributed by atoms with van der Waals surface area (Å²) in [5.74, 6) is 0.